The first-order valence-electron chi connectivity index (χ1n) is 18.9. The molecular formula is C52H34N2. The summed E-state index contributed by atoms with van der Waals surface area (Å²) in [7, 11) is 0. The molecule has 2 atom stereocenters. The molecule has 54 heavy (non-hydrogen) atoms. The standard InChI is InChI=1S/C52H34N2/c1-2-14-39(15-3-1)53-47-19-8-6-17-45(47)52-51(53)46-18-7-9-20-48(46)54(52)40-16-10-13-37(32-40)41-27-23-34-26-30-44-42(28-24-35-25-29-43(41)49(34)50(35)44)38-22-21-33-11-4-5-12-36(33)31-38/h1-32,51-52H. The fraction of sp³-hybridized carbons (Fsp3) is 0.0385. The van der Waals surface area contributed by atoms with Gasteiger partial charge >= 0.3 is 0 Å². The number of benzene rings is 10. The number of hydrogen-bond acceptors (Lipinski definition) is 2. The maximum atomic E-state index is 2.59. The Morgan fingerprint density at radius 1 is 0.315 bits per heavy atom. The van der Waals surface area contributed by atoms with E-state index in [4.69, 9.17) is 0 Å². The van der Waals surface area contributed by atoms with E-state index in [0.29, 0.717) is 0 Å². The minimum absolute atomic E-state index is 0.143. The zero-order chi connectivity index (χ0) is 35.3. The number of rotatable bonds is 4. The van der Waals surface area contributed by atoms with E-state index >= 15 is 0 Å². The quantitative estimate of drug-likeness (QED) is 0.170. The van der Waals surface area contributed by atoms with Crippen LogP contribution in [0.25, 0.3) is 65.3 Å². The van der Waals surface area contributed by atoms with Crippen molar-refractivity contribution in [2.75, 3.05) is 9.80 Å². The minimum Gasteiger partial charge on any atom is -0.331 e. The van der Waals surface area contributed by atoms with E-state index in [-0.39, 0.29) is 12.1 Å². The van der Waals surface area contributed by atoms with Gasteiger partial charge in [0.15, 0.2) is 0 Å². The molecule has 2 unspecified atom stereocenters. The van der Waals surface area contributed by atoms with E-state index in [1.54, 1.807) is 0 Å². The predicted molar refractivity (Wildman–Crippen MR) is 228 cm³/mol. The van der Waals surface area contributed by atoms with Gasteiger partial charge in [0.2, 0.25) is 0 Å². The molecule has 0 amide bonds. The summed E-state index contributed by atoms with van der Waals surface area (Å²) in [5, 5.41) is 10.4. The Kier molecular flexibility index (Phi) is 6.20. The summed E-state index contributed by atoms with van der Waals surface area (Å²) in [6, 6.07) is 72.4. The number of hydrogen-bond donors (Lipinski definition) is 0. The SMILES string of the molecule is c1ccc(N2c3ccccc3C3C2c2ccccc2N3c2cccc(-c3ccc4ccc5c(-c6ccc7ccccc7c6)ccc6ccc3c4c65)c2)cc1. The molecule has 0 saturated carbocycles. The molecule has 0 bridgehead atoms. The fourth-order valence-corrected chi connectivity index (χ4v) is 9.79. The largest absolute Gasteiger partial charge is 0.331 e. The highest BCUT2D eigenvalue weighted by molar-refractivity contribution is 6.27. The number of nitrogens with zero attached hydrogens (tertiary/aromatic N) is 2. The van der Waals surface area contributed by atoms with Crippen LogP contribution in [0.3, 0.4) is 0 Å². The normalized spacial score (nSPS) is 16.1. The zero-order valence-electron chi connectivity index (χ0n) is 29.5. The van der Waals surface area contributed by atoms with Crippen molar-refractivity contribution in [2.45, 2.75) is 12.1 Å². The predicted octanol–water partition coefficient (Wildman–Crippen LogP) is 14.2. The van der Waals surface area contributed by atoms with Crippen molar-refractivity contribution >= 4 is 65.8 Å². The molecular weight excluding hydrogens is 653 g/mol. The molecule has 0 saturated heterocycles. The van der Waals surface area contributed by atoms with E-state index in [1.165, 1.54) is 99.2 Å². The van der Waals surface area contributed by atoms with Crippen molar-refractivity contribution in [3.8, 4) is 22.3 Å². The third-order valence-corrected chi connectivity index (χ3v) is 12.1. The van der Waals surface area contributed by atoms with E-state index in [0.717, 1.165) is 0 Å². The summed E-state index contributed by atoms with van der Waals surface area (Å²) in [6.45, 7) is 0. The van der Waals surface area contributed by atoms with Gasteiger partial charge in [0.05, 0.1) is 12.1 Å². The molecule has 2 aliphatic heterocycles. The molecule has 252 valence electrons. The summed E-state index contributed by atoms with van der Waals surface area (Å²) in [4.78, 5) is 5.15. The summed E-state index contributed by atoms with van der Waals surface area (Å²) in [5.41, 5.74) is 12.7. The van der Waals surface area contributed by atoms with Crippen LogP contribution in [-0.4, -0.2) is 0 Å². The van der Waals surface area contributed by atoms with E-state index in [1.807, 2.05) is 0 Å². The Hall–Kier alpha value is -6.90. The van der Waals surface area contributed by atoms with Crippen LogP contribution in [0, 0.1) is 0 Å². The zero-order valence-corrected chi connectivity index (χ0v) is 29.5. The molecule has 0 aliphatic carbocycles. The monoisotopic (exact) mass is 686 g/mol. The highest BCUT2D eigenvalue weighted by atomic mass is 15.3. The fourth-order valence-electron chi connectivity index (χ4n) is 9.79. The van der Waals surface area contributed by atoms with Gasteiger partial charge in [-0.15, -0.1) is 0 Å². The van der Waals surface area contributed by atoms with Gasteiger partial charge in [-0.1, -0.05) is 152 Å². The van der Waals surface area contributed by atoms with Crippen LogP contribution >= 0.6 is 0 Å². The van der Waals surface area contributed by atoms with Gasteiger partial charge in [-0.2, -0.15) is 0 Å². The maximum absolute atomic E-state index is 2.59. The molecule has 0 fully saturated rings. The summed E-state index contributed by atoms with van der Waals surface area (Å²) in [6.07, 6.45) is 0. The highest BCUT2D eigenvalue weighted by Gasteiger charge is 2.49. The van der Waals surface area contributed by atoms with E-state index in [2.05, 4.69) is 204 Å². The third kappa shape index (κ3) is 4.17. The minimum atomic E-state index is 0.143. The van der Waals surface area contributed by atoms with Gasteiger partial charge in [-0.25, -0.2) is 0 Å². The third-order valence-electron chi connectivity index (χ3n) is 12.1. The number of fused-ring (bicyclic) bond motifs is 6. The second-order valence-corrected chi connectivity index (χ2v) is 14.8. The molecule has 10 aromatic carbocycles. The topological polar surface area (TPSA) is 6.48 Å². The molecule has 12 rings (SSSR count). The molecule has 0 N–H and O–H groups in total. The van der Waals surface area contributed by atoms with Crippen molar-refractivity contribution < 1.29 is 0 Å². The summed E-state index contributed by atoms with van der Waals surface area (Å²) >= 11 is 0. The highest BCUT2D eigenvalue weighted by Crippen LogP contribution is 2.62. The van der Waals surface area contributed by atoms with Crippen LogP contribution in [0.1, 0.15) is 23.2 Å². The van der Waals surface area contributed by atoms with Crippen molar-refractivity contribution in [3.05, 3.63) is 205 Å². The molecule has 10 aromatic rings. The lowest BCUT2D eigenvalue weighted by atomic mass is 9.87. The van der Waals surface area contributed by atoms with Crippen LogP contribution in [0.5, 0.6) is 0 Å². The second-order valence-electron chi connectivity index (χ2n) is 14.8. The Morgan fingerprint density at radius 3 is 1.48 bits per heavy atom. The van der Waals surface area contributed by atoms with Crippen LogP contribution in [0.2, 0.25) is 0 Å². The van der Waals surface area contributed by atoms with Crippen LogP contribution in [0.4, 0.5) is 22.7 Å². The van der Waals surface area contributed by atoms with Crippen molar-refractivity contribution in [1.29, 1.82) is 0 Å². The first-order chi connectivity index (χ1) is 26.8. The van der Waals surface area contributed by atoms with Crippen LogP contribution in [-0.2, 0) is 0 Å². The van der Waals surface area contributed by atoms with Gasteiger partial charge < -0.3 is 9.80 Å². The Balaban J connectivity index is 1.02. The van der Waals surface area contributed by atoms with Gasteiger partial charge in [-0.05, 0) is 108 Å². The van der Waals surface area contributed by atoms with Crippen LogP contribution in [0.15, 0.2) is 194 Å². The maximum Gasteiger partial charge on any atom is 0.0861 e. The lowest BCUT2D eigenvalue weighted by molar-refractivity contribution is 0.634. The first kappa shape index (κ1) is 29.7. The number of para-hydroxylation sites is 3. The Bertz CT molecular complexity index is 3090. The van der Waals surface area contributed by atoms with Crippen molar-refractivity contribution in [2.24, 2.45) is 0 Å². The van der Waals surface area contributed by atoms with Gasteiger partial charge in [0.1, 0.15) is 0 Å². The lowest BCUT2D eigenvalue weighted by Crippen LogP contribution is -2.24. The van der Waals surface area contributed by atoms with E-state index < -0.39 is 0 Å². The van der Waals surface area contributed by atoms with Gasteiger partial charge in [0, 0.05) is 33.9 Å². The van der Waals surface area contributed by atoms with Gasteiger partial charge in [-0.3, -0.25) is 0 Å². The molecule has 2 heterocycles. The lowest BCUT2D eigenvalue weighted by Gasteiger charge is -2.29. The molecule has 0 spiro atoms. The Labute approximate surface area is 314 Å². The van der Waals surface area contributed by atoms with E-state index in [9.17, 15) is 0 Å². The molecule has 2 aliphatic rings. The molecule has 2 nitrogen and oxygen atoms in total. The Morgan fingerprint density at radius 2 is 0.815 bits per heavy atom. The second kappa shape index (κ2) is 11.3. The summed E-state index contributed by atoms with van der Waals surface area (Å²) in [5.74, 6) is 0. The smallest absolute Gasteiger partial charge is 0.0861 e. The van der Waals surface area contributed by atoms with Gasteiger partial charge in [0.25, 0.3) is 0 Å². The average molecular weight is 687 g/mol. The molecule has 2 heteroatoms. The van der Waals surface area contributed by atoms with Crippen molar-refractivity contribution in [1.82, 2.24) is 0 Å². The first-order valence-corrected chi connectivity index (χ1v) is 18.9. The number of anilines is 4. The summed E-state index contributed by atoms with van der Waals surface area (Å²) < 4.78 is 0. The molecule has 0 radical (unpaired) electrons. The van der Waals surface area contributed by atoms with Crippen molar-refractivity contribution in [3.63, 3.8) is 0 Å². The average Bonchev–Trinajstić information content (AvgIpc) is 3.75. The molecule has 0 aromatic heterocycles. The van der Waals surface area contributed by atoms with Crippen LogP contribution < -0.4 is 9.80 Å².